The van der Waals surface area contributed by atoms with Gasteiger partial charge in [-0.1, -0.05) is 20.8 Å². The van der Waals surface area contributed by atoms with E-state index in [0.29, 0.717) is 24.4 Å². The van der Waals surface area contributed by atoms with Crippen molar-refractivity contribution in [2.45, 2.75) is 52.9 Å². The largest absolute Gasteiger partial charge is 0.493 e. The number of Topliss-reactive ketones (excluding diaryl/α,β-unsaturated/α-hetero) is 2. The number of aliphatic hydroxyl groups is 1. The second-order valence-corrected chi connectivity index (χ2v) is 9.30. The first kappa shape index (κ1) is 19.6. The summed E-state index contributed by atoms with van der Waals surface area (Å²) in [5.41, 5.74) is -0.644. The Morgan fingerprint density at radius 2 is 1.86 bits per heavy atom. The molecule has 154 valence electrons. The number of ketones is 2. The second-order valence-electron chi connectivity index (χ2n) is 9.30. The molecule has 1 saturated carbocycles. The number of hydrogen-bond acceptors (Lipinski definition) is 6. The summed E-state index contributed by atoms with van der Waals surface area (Å²) < 4.78 is 16.9. The Balaban J connectivity index is 1.97. The number of rotatable bonds is 2. The van der Waals surface area contributed by atoms with E-state index in [1.165, 1.54) is 14.2 Å². The molecule has 0 aromatic carbocycles. The fraction of sp³-hybridized carbons (Fsp3) is 0.727. The lowest BCUT2D eigenvalue weighted by atomic mass is 9.40. The van der Waals surface area contributed by atoms with Crippen molar-refractivity contribution in [2.75, 3.05) is 14.2 Å². The van der Waals surface area contributed by atoms with Gasteiger partial charge in [0.2, 0.25) is 11.6 Å². The number of methoxy groups -OCH3 is 2. The molecule has 0 radical (unpaired) electrons. The van der Waals surface area contributed by atoms with Gasteiger partial charge in [0, 0.05) is 23.2 Å². The molecule has 1 N–H and O–H groups in total. The highest BCUT2D eigenvalue weighted by Gasteiger charge is 2.71. The van der Waals surface area contributed by atoms with Crippen LogP contribution in [0.4, 0.5) is 0 Å². The smallest absolute Gasteiger partial charge is 0.203 e. The molecular weight excluding hydrogens is 360 g/mol. The summed E-state index contributed by atoms with van der Waals surface area (Å²) >= 11 is 0. The zero-order valence-electron chi connectivity index (χ0n) is 17.4. The van der Waals surface area contributed by atoms with E-state index in [0.717, 1.165) is 5.57 Å². The van der Waals surface area contributed by atoms with Gasteiger partial charge in [-0.25, -0.2) is 0 Å². The summed E-state index contributed by atoms with van der Waals surface area (Å²) in [6, 6.07) is 0. The van der Waals surface area contributed by atoms with Gasteiger partial charge >= 0.3 is 0 Å². The molecular formula is C22H30O6. The number of hydrogen-bond donors (Lipinski definition) is 1. The van der Waals surface area contributed by atoms with Gasteiger partial charge in [-0.15, -0.1) is 0 Å². The summed E-state index contributed by atoms with van der Waals surface area (Å²) in [6.07, 6.45) is 1.70. The Hall–Kier alpha value is -1.66. The van der Waals surface area contributed by atoms with Crippen LogP contribution in [0.15, 0.2) is 23.2 Å². The molecule has 1 heterocycles. The van der Waals surface area contributed by atoms with E-state index in [1.54, 1.807) is 0 Å². The minimum Gasteiger partial charge on any atom is -0.493 e. The second kappa shape index (κ2) is 6.17. The molecule has 0 unspecified atom stereocenters. The molecule has 4 aliphatic rings. The lowest BCUT2D eigenvalue weighted by Gasteiger charge is -2.65. The van der Waals surface area contributed by atoms with Crippen molar-refractivity contribution in [2.24, 2.45) is 34.5 Å². The van der Waals surface area contributed by atoms with E-state index in [-0.39, 0.29) is 35.4 Å². The van der Waals surface area contributed by atoms with Gasteiger partial charge in [-0.05, 0) is 42.7 Å². The van der Waals surface area contributed by atoms with Crippen LogP contribution in [-0.4, -0.2) is 43.3 Å². The van der Waals surface area contributed by atoms with Crippen LogP contribution in [0.3, 0.4) is 0 Å². The van der Waals surface area contributed by atoms with Crippen molar-refractivity contribution in [1.82, 2.24) is 0 Å². The number of carbonyl (C=O) groups is 2. The average molecular weight is 390 g/mol. The van der Waals surface area contributed by atoms with Crippen molar-refractivity contribution in [1.29, 1.82) is 0 Å². The van der Waals surface area contributed by atoms with Crippen molar-refractivity contribution in [3.05, 3.63) is 23.2 Å². The maximum absolute atomic E-state index is 13.7. The lowest BCUT2D eigenvalue weighted by Crippen LogP contribution is -2.69. The fourth-order valence-corrected chi connectivity index (χ4v) is 6.96. The lowest BCUT2D eigenvalue weighted by molar-refractivity contribution is -0.272. The van der Waals surface area contributed by atoms with Crippen LogP contribution in [0, 0.1) is 34.5 Å². The minimum absolute atomic E-state index is 0.0501. The van der Waals surface area contributed by atoms with Crippen molar-refractivity contribution in [3.63, 3.8) is 0 Å². The van der Waals surface area contributed by atoms with Gasteiger partial charge in [-0.3, -0.25) is 9.59 Å². The van der Waals surface area contributed by atoms with Crippen LogP contribution in [-0.2, 0) is 23.8 Å². The Bertz CT molecular complexity index is 797. The van der Waals surface area contributed by atoms with Gasteiger partial charge in [0.1, 0.15) is 0 Å². The molecule has 0 bridgehead atoms. The molecule has 8 atom stereocenters. The van der Waals surface area contributed by atoms with E-state index in [2.05, 4.69) is 13.8 Å². The molecule has 0 aromatic rings. The number of aliphatic hydroxyl groups excluding tert-OH is 1. The van der Waals surface area contributed by atoms with Crippen LogP contribution in [0.2, 0.25) is 0 Å². The third-order valence-corrected chi connectivity index (χ3v) is 8.22. The molecule has 0 spiro atoms. The maximum Gasteiger partial charge on any atom is 0.203 e. The molecule has 1 aliphatic heterocycles. The van der Waals surface area contributed by atoms with E-state index in [4.69, 9.17) is 14.2 Å². The molecule has 1 saturated heterocycles. The molecule has 4 rings (SSSR count). The number of allylic oxidation sites excluding steroid dienone is 4. The first-order valence-electron chi connectivity index (χ1n) is 10.0. The van der Waals surface area contributed by atoms with Crippen LogP contribution in [0.1, 0.15) is 40.5 Å². The maximum atomic E-state index is 13.7. The molecule has 0 aromatic heterocycles. The molecule has 3 aliphatic carbocycles. The van der Waals surface area contributed by atoms with Gasteiger partial charge in [0.05, 0.1) is 20.3 Å². The summed E-state index contributed by atoms with van der Waals surface area (Å²) in [5, 5.41) is 10.4. The molecule has 28 heavy (non-hydrogen) atoms. The van der Waals surface area contributed by atoms with E-state index < -0.39 is 23.0 Å². The third kappa shape index (κ3) is 2.16. The van der Waals surface area contributed by atoms with Crippen molar-refractivity contribution >= 4 is 11.6 Å². The monoisotopic (exact) mass is 390 g/mol. The molecule has 2 fully saturated rings. The molecule has 6 nitrogen and oxygen atoms in total. The van der Waals surface area contributed by atoms with Crippen molar-refractivity contribution in [3.8, 4) is 0 Å². The number of carbonyl (C=O) groups excluding carboxylic acids is 2. The third-order valence-electron chi connectivity index (χ3n) is 8.22. The highest BCUT2D eigenvalue weighted by Crippen LogP contribution is 2.67. The van der Waals surface area contributed by atoms with E-state index in [1.807, 2.05) is 19.9 Å². The summed E-state index contributed by atoms with van der Waals surface area (Å²) in [4.78, 5) is 27.3. The highest BCUT2D eigenvalue weighted by molar-refractivity contribution is 6.07. The van der Waals surface area contributed by atoms with Crippen LogP contribution in [0.25, 0.3) is 0 Å². The number of ether oxygens (including phenoxy) is 3. The zero-order valence-corrected chi connectivity index (χ0v) is 17.4. The standard InChI is InChI=1S/C22H30O6/c1-10-7-14(26-5)20(25)22(4)12(10)8-15-21(3)13(9-16(23)28-15)11(2)18(27-6)17(24)19(21)22/h7,10,12-13,15-16,19,23H,8-9H2,1-6H3/t10-,12-,13+,15-,16-,19+,21-,22+/m1/s1. The molecule has 0 amide bonds. The van der Waals surface area contributed by atoms with E-state index >= 15 is 0 Å². The van der Waals surface area contributed by atoms with Crippen LogP contribution < -0.4 is 0 Å². The van der Waals surface area contributed by atoms with Gasteiger partial charge in [-0.2, -0.15) is 0 Å². The predicted octanol–water partition coefficient (Wildman–Crippen LogP) is 2.61. The summed E-state index contributed by atoms with van der Waals surface area (Å²) in [7, 11) is 3.00. The van der Waals surface area contributed by atoms with Crippen LogP contribution in [0.5, 0.6) is 0 Å². The van der Waals surface area contributed by atoms with E-state index in [9.17, 15) is 14.7 Å². The van der Waals surface area contributed by atoms with Gasteiger partial charge < -0.3 is 19.3 Å². The Labute approximate surface area is 165 Å². The normalized spacial score (nSPS) is 47.9. The fourth-order valence-electron chi connectivity index (χ4n) is 6.96. The highest BCUT2D eigenvalue weighted by atomic mass is 16.6. The van der Waals surface area contributed by atoms with Gasteiger partial charge in [0.15, 0.2) is 17.8 Å². The first-order chi connectivity index (χ1) is 13.1. The summed E-state index contributed by atoms with van der Waals surface area (Å²) in [6.45, 7) is 7.93. The minimum atomic E-state index is -0.907. The Morgan fingerprint density at radius 1 is 1.18 bits per heavy atom. The SMILES string of the molecule is COC1=C[C@@H](C)[C@H]2C[C@H]3O[C@@H](O)C[C@H]4C(C)=C(OC)C(=O)[C@H]([C@@]2(C)C1=O)[C@@]34C. The topological polar surface area (TPSA) is 82.1 Å². The molecule has 6 heteroatoms. The Morgan fingerprint density at radius 3 is 2.46 bits per heavy atom. The van der Waals surface area contributed by atoms with Crippen LogP contribution >= 0.6 is 0 Å². The summed E-state index contributed by atoms with van der Waals surface area (Å²) in [5.74, 6) is -0.284. The Kier molecular flexibility index (Phi) is 4.33. The zero-order chi connectivity index (χ0) is 20.6. The average Bonchev–Trinajstić information content (AvgIpc) is 2.63. The van der Waals surface area contributed by atoms with Gasteiger partial charge in [0.25, 0.3) is 0 Å². The quantitative estimate of drug-likeness (QED) is 0.781. The first-order valence-corrected chi connectivity index (χ1v) is 10.0. The van der Waals surface area contributed by atoms with Crippen molar-refractivity contribution < 1.29 is 28.9 Å². The number of fused-ring (bicyclic) bond motifs is 2. The predicted molar refractivity (Wildman–Crippen MR) is 101 cm³/mol.